The highest BCUT2D eigenvalue weighted by Gasteiger charge is 2.31. The van der Waals surface area contributed by atoms with Gasteiger partial charge in [-0.15, -0.1) is 0 Å². The van der Waals surface area contributed by atoms with Crippen molar-refractivity contribution in [3.05, 3.63) is 28.3 Å². The zero-order valence-electron chi connectivity index (χ0n) is 16.7. The lowest BCUT2D eigenvalue weighted by Gasteiger charge is -2.37. The number of nitro groups is 1. The second kappa shape index (κ2) is 9.54. The first kappa shape index (κ1) is 20.8. The molecule has 1 saturated carbocycles. The maximum Gasteiger partial charge on any atom is 0.315 e. The highest BCUT2D eigenvalue weighted by atomic mass is 16.7. The van der Waals surface area contributed by atoms with E-state index in [2.05, 4.69) is 0 Å². The molecule has 1 saturated heterocycles. The Morgan fingerprint density at radius 3 is 2.25 bits per heavy atom. The number of rotatable bonds is 7. The molecule has 2 aliphatic rings. The zero-order valence-corrected chi connectivity index (χ0v) is 16.7. The number of nitro benzene ring substituents is 1. The van der Waals surface area contributed by atoms with E-state index in [1.165, 1.54) is 0 Å². The molecule has 0 aromatic heterocycles. The van der Waals surface area contributed by atoms with Crippen molar-refractivity contribution >= 4 is 17.1 Å². The first-order valence-corrected chi connectivity index (χ1v) is 10.0. The average molecular weight is 393 g/mol. The van der Waals surface area contributed by atoms with Gasteiger partial charge in [-0.25, -0.2) is 0 Å². The molecule has 8 nitrogen and oxygen atoms in total. The molecule has 3 rings (SSSR count). The van der Waals surface area contributed by atoms with E-state index in [9.17, 15) is 10.1 Å². The predicted octanol–water partition coefficient (Wildman–Crippen LogP) is 3.34. The van der Waals surface area contributed by atoms with Crippen molar-refractivity contribution < 1.29 is 19.1 Å². The van der Waals surface area contributed by atoms with Crippen molar-refractivity contribution in [1.29, 1.82) is 0 Å². The van der Waals surface area contributed by atoms with Gasteiger partial charge in [0.05, 0.1) is 17.1 Å². The van der Waals surface area contributed by atoms with Gasteiger partial charge < -0.3 is 24.8 Å². The molecular weight excluding hydrogens is 362 g/mol. The summed E-state index contributed by atoms with van der Waals surface area (Å²) in [4.78, 5) is 13.0. The third kappa shape index (κ3) is 4.74. The third-order valence-electron chi connectivity index (χ3n) is 5.96. The van der Waals surface area contributed by atoms with Gasteiger partial charge >= 0.3 is 5.69 Å². The van der Waals surface area contributed by atoms with Crippen molar-refractivity contribution in [3.8, 4) is 0 Å². The molecule has 2 N–H and O–H groups in total. The Hall–Kier alpha value is -1.90. The monoisotopic (exact) mass is 393 g/mol. The molecule has 0 bridgehead atoms. The van der Waals surface area contributed by atoms with Gasteiger partial charge in [0.1, 0.15) is 11.4 Å². The van der Waals surface area contributed by atoms with Crippen LogP contribution in [0.2, 0.25) is 0 Å². The standard InChI is InChI=1S/C20H31N3O5/c1-26-20(27-2)14-6-8-15(9-7-14)28-16-10-12-22(13-11-16)18-5-3-4-17(21)19(18)23(24)25/h3-5,14-16,20H,6-13,21H2,1-2H3. The molecule has 28 heavy (non-hydrogen) atoms. The van der Waals surface area contributed by atoms with Gasteiger partial charge in [0, 0.05) is 33.2 Å². The maximum atomic E-state index is 11.4. The maximum absolute atomic E-state index is 11.4. The Balaban J connectivity index is 1.49. The van der Waals surface area contributed by atoms with E-state index in [1.807, 2.05) is 4.90 Å². The summed E-state index contributed by atoms with van der Waals surface area (Å²) in [6.07, 6.45) is 6.23. The number of ether oxygens (including phenoxy) is 3. The second-order valence-electron chi connectivity index (χ2n) is 7.67. The van der Waals surface area contributed by atoms with Gasteiger partial charge in [0.25, 0.3) is 0 Å². The summed E-state index contributed by atoms with van der Waals surface area (Å²) in [5.74, 6) is 0.431. The quantitative estimate of drug-likeness (QED) is 0.328. The minimum absolute atomic E-state index is 0.00558. The second-order valence-corrected chi connectivity index (χ2v) is 7.67. The van der Waals surface area contributed by atoms with Crippen LogP contribution in [0.1, 0.15) is 38.5 Å². The Bertz CT molecular complexity index is 651. The van der Waals surface area contributed by atoms with Crippen LogP contribution in [-0.2, 0) is 14.2 Å². The number of para-hydroxylation sites is 1. The summed E-state index contributed by atoms with van der Waals surface area (Å²) >= 11 is 0. The topological polar surface area (TPSA) is 100 Å². The average Bonchev–Trinajstić information content (AvgIpc) is 2.70. The fourth-order valence-electron chi connectivity index (χ4n) is 4.49. The number of hydrogen-bond acceptors (Lipinski definition) is 7. The number of benzene rings is 1. The molecule has 0 radical (unpaired) electrons. The van der Waals surface area contributed by atoms with Crippen LogP contribution in [0.5, 0.6) is 0 Å². The molecule has 1 aliphatic heterocycles. The molecule has 0 atom stereocenters. The van der Waals surface area contributed by atoms with E-state index in [4.69, 9.17) is 19.9 Å². The molecule has 1 aliphatic carbocycles. The van der Waals surface area contributed by atoms with Crippen LogP contribution >= 0.6 is 0 Å². The minimum Gasteiger partial charge on any atom is -0.393 e. The summed E-state index contributed by atoms with van der Waals surface area (Å²) in [7, 11) is 3.38. The zero-order chi connectivity index (χ0) is 20.1. The Morgan fingerprint density at radius 1 is 1.07 bits per heavy atom. The highest BCUT2D eigenvalue weighted by molar-refractivity contribution is 5.75. The number of nitrogens with zero attached hydrogens (tertiary/aromatic N) is 2. The van der Waals surface area contributed by atoms with Crippen LogP contribution in [0, 0.1) is 16.0 Å². The number of nitrogens with two attached hydrogens (primary N) is 1. The minimum atomic E-state index is -0.390. The molecular formula is C20H31N3O5. The summed E-state index contributed by atoms with van der Waals surface area (Å²) in [5, 5.41) is 11.4. The van der Waals surface area contributed by atoms with Crippen molar-refractivity contribution in [2.24, 2.45) is 5.92 Å². The van der Waals surface area contributed by atoms with Crippen LogP contribution in [0.4, 0.5) is 17.1 Å². The molecule has 1 aromatic carbocycles. The van der Waals surface area contributed by atoms with Crippen molar-refractivity contribution in [2.75, 3.05) is 37.9 Å². The molecule has 156 valence electrons. The largest absolute Gasteiger partial charge is 0.393 e. The molecule has 1 heterocycles. The number of hydrogen-bond donors (Lipinski definition) is 1. The van der Waals surface area contributed by atoms with E-state index < -0.39 is 0 Å². The van der Waals surface area contributed by atoms with Crippen molar-refractivity contribution in [2.45, 2.75) is 57.0 Å². The first-order valence-electron chi connectivity index (χ1n) is 10.0. The van der Waals surface area contributed by atoms with Crippen molar-refractivity contribution in [3.63, 3.8) is 0 Å². The van der Waals surface area contributed by atoms with E-state index in [0.29, 0.717) is 11.6 Å². The van der Waals surface area contributed by atoms with Crippen molar-refractivity contribution in [1.82, 2.24) is 0 Å². The lowest BCUT2D eigenvalue weighted by molar-refractivity contribution is -0.383. The molecule has 2 fully saturated rings. The molecule has 0 amide bonds. The van der Waals surface area contributed by atoms with Crippen LogP contribution in [0.15, 0.2) is 18.2 Å². The first-order chi connectivity index (χ1) is 13.5. The van der Waals surface area contributed by atoms with Gasteiger partial charge in [0.2, 0.25) is 0 Å². The fraction of sp³-hybridized carbons (Fsp3) is 0.700. The smallest absolute Gasteiger partial charge is 0.315 e. The van der Waals surface area contributed by atoms with E-state index in [0.717, 1.165) is 51.6 Å². The Labute approximate surface area is 166 Å². The molecule has 0 unspecified atom stereocenters. The number of piperidine rings is 1. The van der Waals surface area contributed by atoms with E-state index >= 15 is 0 Å². The summed E-state index contributed by atoms with van der Waals surface area (Å²) in [6, 6.07) is 5.12. The Kier molecular flexibility index (Phi) is 7.09. The fourth-order valence-corrected chi connectivity index (χ4v) is 4.49. The van der Waals surface area contributed by atoms with Crippen LogP contribution < -0.4 is 10.6 Å². The number of nitrogen functional groups attached to an aromatic ring is 1. The van der Waals surface area contributed by atoms with Gasteiger partial charge in [0.15, 0.2) is 6.29 Å². The lowest BCUT2D eigenvalue weighted by atomic mass is 9.86. The van der Waals surface area contributed by atoms with Crippen LogP contribution in [0.3, 0.4) is 0 Å². The van der Waals surface area contributed by atoms with Gasteiger partial charge in [-0.05, 0) is 50.7 Å². The van der Waals surface area contributed by atoms with Gasteiger partial charge in [-0.2, -0.15) is 0 Å². The van der Waals surface area contributed by atoms with Crippen LogP contribution in [-0.4, -0.2) is 50.7 Å². The summed E-state index contributed by atoms with van der Waals surface area (Å²) < 4.78 is 17.1. The Morgan fingerprint density at radius 2 is 1.68 bits per heavy atom. The van der Waals surface area contributed by atoms with Crippen LogP contribution in [0.25, 0.3) is 0 Å². The van der Waals surface area contributed by atoms with Gasteiger partial charge in [-0.3, -0.25) is 10.1 Å². The summed E-state index contributed by atoms with van der Waals surface area (Å²) in [5.41, 5.74) is 6.64. The number of methoxy groups -OCH3 is 2. The highest BCUT2D eigenvalue weighted by Crippen LogP contribution is 2.36. The van der Waals surface area contributed by atoms with Gasteiger partial charge in [-0.1, -0.05) is 6.07 Å². The third-order valence-corrected chi connectivity index (χ3v) is 5.96. The van der Waals surface area contributed by atoms with E-state index in [1.54, 1.807) is 32.4 Å². The van der Waals surface area contributed by atoms with E-state index in [-0.39, 0.29) is 34.8 Å². The lowest BCUT2D eigenvalue weighted by Crippen LogP contribution is -2.40. The molecule has 1 aromatic rings. The SMILES string of the molecule is COC(OC)C1CCC(OC2CCN(c3cccc(N)c3[N+](=O)[O-])CC2)CC1. The number of anilines is 2. The molecule has 0 spiro atoms. The molecule has 8 heteroatoms. The normalized spacial score (nSPS) is 23.9. The predicted molar refractivity (Wildman–Crippen MR) is 107 cm³/mol. The summed E-state index contributed by atoms with van der Waals surface area (Å²) in [6.45, 7) is 1.47.